The van der Waals surface area contributed by atoms with E-state index in [1.165, 1.54) is 12.1 Å². The SMILES string of the molecule is CC(C)c1cnc(N2CCC(c3nnc4c(Nc5ccc(S(C)(=O)=O)c(F)c5)nccn34)CC2)nc1. The molecule has 1 saturated heterocycles. The van der Waals surface area contributed by atoms with Crippen LogP contribution in [0.25, 0.3) is 5.65 Å². The summed E-state index contributed by atoms with van der Waals surface area (Å²) in [5, 5.41) is 11.8. The fourth-order valence-electron chi connectivity index (χ4n) is 4.36. The van der Waals surface area contributed by atoms with Gasteiger partial charge in [0.1, 0.15) is 16.5 Å². The predicted octanol–water partition coefficient (Wildman–Crippen LogP) is 3.71. The third-order valence-electron chi connectivity index (χ3n) is 6.42. The molecule has 10 nitrogen and oxygen atoms in total. The number of sulfone groups is 1. The van der Waals surface area contributed by atoms with E-state index in [4.69, 9.17) is 0 Å². The highest BCUT2D eigenvalue weighted by molar-refractivity contribution is 7.90. The van der Waals surface area contributed by atoms with Gasteiger partial charge in [-0.2, -0.15) is 0 Å². The van der Waals surface area contributed by atoms with Crippen LogP contribution in [-0.4, -0.2) is 57.3 Å². The first-order valence-corrected chi connectivity index (χ1v) is 13.6. The molecule has 0 amide bonds. The van der Waals surface area contributed by atoms with E-state index in [1.807, 2.05) is 23.0 Å². The lowest BCUT2D eigenvalue weighted by molar-refractivity contribution is 0.477. The van der Waals surface area contributed by atoms with E-state index >= 15 is 0 Å². The van der Waals surface area contributed by atoms with Gasteiger partial charge in [0.2, 0.25) is 11.6 Å². The summed E-state index contributed by atoms with van der Waals surface area (Å²) in [7, 11) is -3.65. The Morgan fingerprint density at radius 2 is 1.81 bits per heavy atom. The first kappa shape index (κ1) is 24.0. The fourth-order valence-corrected chi connectivity index (χ4v) is 5.09. The van der Waals surface area contributed by atoms with Gasteiger partial charge in [0.15, 0.2) is 15.7 Å². The van der Waals surface area contributed by atoms with Crippen molar-refractivity contribution in [3.63, 3.8) is 0 Å². The highest BCUT2D eigenvalue weighted by Crippen LogP contribution is 2.30. The molecule has 1 aromatic carbocycles. The number of benzene rings is 1. The zero-order chi connectivity index (χ0) is 25.4. The number of fused-ring (bicyclic) bond motifs is 1. The van der Waals surface area contributed by atoms with Crippen molar-refractivity contribution in [1.29, 1.82) is 0 Å². The molecular weight excluding hydrogens is 483 g/mol. The van der Waals surface area contributed by atoms with Crippen molar-refractivity contribution < 1.29 is 12.8 Å². The Kier molecular flexibility index (Phi) is 6.29. The van der Waals surface area contributed by atoms with Gasteiger partial charge in [-0.15, -0.1) is 10.2 Å². The Bertz CT molecular complexity index is 1500. The van der Waals surface area contributed by atoms with Gasteiger partial charge in [-0.1, -0.05) is 13.8 Å². The number of rotatable bonds is 6. The zero-order valence-electron chi connectivity index (χ0n) is 20.3. The van der Waals surface area contributed by atoms with Crippen LogP contribution in [-0.2, 0) is 9.84 Å². The minimum Gasteiger partial charge on any atom is -0.341 e. The van der Waals surface area contributed by atoms with Crippen LogP contribution in [0.3, 0.4) is 0 Å². The lowest BCUT2D eigenvalue weighted by atomic mass is 9.96. The van der Waals surface area contributed by atoms with Crippen molar-refractivity contribution in [2.45, 2.75) is 43.4 Å². The van der Waals surface area contributed by atoms with Crippen molar-refractivity contribution in [3.05, 3.63) is 60.2 Å². The maximum absolute atomic E-state index is 14.3. The highest BCUT2D eigenvalue weighted by Gasteiger charge is 2.26. The Morgan fingerprint density at radius 1 is 1.08 bits per heavy atom. The van der Waals surface area contributed by atoms with Crippen LogP contribution in [0.1, 0.15) is 49.9 Å². The molecule has 4 heterocycles. The van der Waals surface area contributed by atoms with Crippen LogP contribution in [0.5, 0.6) is 0 Å². The van der Waals surface area contributed by atoms with Crippen molar-refractivity contribution in [2.75, 3.05) is 29.6 Å². The van der Waals surface area contributed by atoms with Gasteiger partial charge in [-0.05, 0) is 42.5 Å². The molecule has 3 aromatic heterocycles. The molecule has 0 radical (unpaired) electrons. The van der Waals surface area contributed by atoms with E-state index < -0.39 is 15.7 Å². The standard InChI is InChI=1S/C24H27FN8O2S/c1-15(2)17-13-27-24(28-14-17)32-9-6-16(7-10-32)22-30-31-23-21(26-8-11-33(22)23)29-18-4-5-20(19(25)12-18)36(3,34)35/h4-5,8,11-16H,6-7,9-10H2,1-3H3,(H,26,29). The number of nitrogens with zero attached hydrogens (tertiary/aromatic N) is 7. The maximum Gasteiger partial charge on any atom is 0.225 e. The molecule has 1 aliphatic rings. The molecule has 36 heavy (non-hydrogen) atoms. The van der Waals surface area contributed by atoms with Gasteiger partial charge in [0, 0.05) is 55.7 Å². The summed E-state index contributed by atoms with van der Waals surface area (Å²) in [5.74, 6) is 1.75. The third kappa shape index (κ3) is 4.72. The number of halogens is 1. The quantitative estimate of drug-likeness (QED) is 0.414. The number of piperidine rings is 1. The maximum atomic E-state index is 14.3. The van der Waals surface area contributed by atoms with Gasteiger partial charge in [0.25, 0.3) is 0 Å². The Balaban J connectivity index is 1.32. The van der Waals surface area contributed by atoms with E-state index in [-0.39, 0.29) is 10.8 Å². The summed E-state index contributed by atoms with van der Waals surface area (Å²) in [6, 6.07) is 3.86. The van der Waals surface area contributed by atoms with Crippen LogP contribution >= 0.6 is 0 Å². The monoisotopic (exact) mass is 510 g/mol. The average Bonchev–Trinajstić information content (AvgIpc) is 3.29. The lowest BCUT2D eigenvalue weighted by Crippen LogP contribution is -2.34. The summed E-state index contributed by atoms with van der Waals surface area (Å²) in [6.45, 7) is 5.86. The lowest BCUT2D eigenvalue weighted by Gasteiger charge is -2.31. The first-order valence-electron chi connectivity index (χ1n) is 11.7. The summed E-state index contributed by atoms with van der Waals surface area (Å²) in [4.78, 5) is 15.3. The second kappa shape index (κ2) is 9.41. The Hall–Kier alpha value is -3.67. The molecule has 0 aliphatic carbocycles. The Labute approximate surface area is 208 Å². The van der Waals surface area contributed by atoms with Gasteiger partial charge < -0.3 is 10.2 Å². The predicted molar refractivity (Wildman–Crippen MR) is 134 cm³/mol. The summed E-state index contributed by atoms with van der Waals surface area (Å²) >= 11 is 0. The van der Waals surface area contributed by atoms with Crippen LogP contribution in [0.4, 0.5) is 21.8 Å². The molecule has 0 saturated carbocycles. The van der Waals surface area contributed by atoms with Crippen molar-refractivity contribution in [1.82, 2.24) is 29.5 Å². The summed E-state index contributed by atoms with van der Waals surface area (Å²) in [5.41, 5.74) is 1.99. The second-order valence-electron chi connectivity index (χ2n) is 9.30. The average molecular weight is 511 g/mol. The molecule has 1 N–H and O–H groups in total. The molecule has 4 aromatic rings. The van der Waals surface area contributed by atoms with Gasteiger partial charge in [-0.25, -0.2) is 27.8 Å². The molecule has 188 valence electrons. The molecular formula is C24H27FN8O2S. The Morgan fingerprint density at radius 3 is 2.44 bits per heavy atom. The normalized spacial score (nSPS) is 15.1. The van der Waals surface area contributed by atoms with Crippen LogP contribution in [0.15, 0.2) is 47.9 Å². The van der Waals surface area contributed by atoms with Gasteiger partial charge >= 0.3 is 0 Å². The molecule has 1 fully saturated rings. The van der Waals surface area contributed by atoms with Crippen LogP contribution in [0, 0.1) is 5.82 Å². The second-order valence-corrected chi connectivity index (χ2v) is 11.3. The number of aromatic nitrogens is 6. The van der Waals surface area contributed by atoms with E-state index in [2.05, 4.69) is 49.2 Å². The van der Waals surface area contributed by atoms with Gasteiger partial charge in [0.05, 0.1) is 0 Å². The molecule has 1 aliphatic heterocycles. The number of hydrogen-bond donors (Lipinski definition) is 1. The van der Waals surface area contributed by atoms with Crippen LogP contribution in [0.2, 0.25) is 0 Å². The smallest absolute Gasteiger partial charge is 0.225 e. The van der Waals surface area contributed by atoms with Crippen molar-refractivity contribution in [3.8, 4) is 0 Å². The van der Waals surface area contributed by atoms with E-state index in [1.54, 1.807) is 6.20 Å². The summed E-state index contributed by atoms with van der Waals surface area (Å²) < 4.78 is 39.6. The third-order valence-corrected chi connectivity index (χ3v) is 7.55. The molecule has 0 spiro atoms. The van der Waals surface area contributed by atoms with Crippen molar-refractivity contribution in [2.24, 2.45) is 0 Å². The summed E-state index contributed by atoms with van der Waals surface area (Å²) in [6.07, 6.45) is 9.95. The van der Waals surface area contributed by atoms with Crippen molar-refractivity contribution >= 4 is 32.9 Å². The minimum absolute atomic E-state index is 0.202. The van der Waals surface area contributed by atoms with E-state index in [0.29, 0.717) is 23.1 Å². The zero-order valence-corrected chi connectivity index (χ0v) is 21.1. The number of anilines is 3. The molecule has 0 unspecified atom stereocenters. The molecule has 0 atom stereocenters. The molecule has 12 heteroatoms. The molecule has 5 rings (SSSR count). The van der Waals surface area contributed by atoms with Crippen LogP contribution < -0.4 is 10.2 Å². The highest BCUT2D eigenvalue weighted by atomic mass is 32.2. The fraction of sp³-hybridized carbons (Fsp3) is 0.375. The minimum atomic E-state index is -3.65. The van der Waals surface area contributed by atoms with E-state index in [0.717, 1.165) is 55.6 Å². The largest absolute Gasteiger partial charge is 0.341 e. The topological polar surface area (TPSA) is 118 Å². The first-order chi connectivity index (χ1) is 17.2. The van der Waals surface area contributed by atoms with Gasteiger partial charge in [-0.3, -0.25) is 4.40 Å². The number of hydrogen-bond acceptors (Lipinski definition) is 9. The molecule has 0 bridgehead atoms. The van der Waals surface area contributed by atoms with E-state index in [9.17, 15) is 12.8 Å². The number of nitrogens with one attached hydrogen (secondary N) is 1.